The topological polar surface area (TPSA) is 12.0 Å². The minimum atomic E-state index is 0.582. The molecule has 0 saturated heterocycles. The molecule has 108 valence electrons. The number of rotatable bonds is 9. The van der Waals surface area contributed by atoms with Crippen molar-refractivity contribution < 1.29 is 0 Å². The molecule has 1 atom stereocenters. The molecule has 1 nitrogen and oxygen atoms in total. The maximum Gasteiger partial charge on any atom is 0.0121 e. The Bertz CT molecular complexity index is 194. The highest BCUT2D eigenvalue weighted by atomic mass is 14.9. The monoisotopic (exact) mass is 253 g/mol. The summed E-state index contributed by atoms with van der Waals surface area (Å²) in [6.07, 6.45) is 15.7. The molecule has 0 aromatic rings. The number of hydrogen-bond acceptors (Lipinski definition) is 1. The van der Waals surface area contributed by atoms with Gasteiger partial charge < -0.3 is 5.32 Å². The lowest BCUT2D eigenvalue weighted by atomic mass is 9.69. The molecule has 1 rings (SSSR count). The van der Waals surface area contributed by atoms with Crippen molar-refractivity contribution in [1.82, 2.24) is 5.32 Å². The minimum Gasteiger partial charge on any atom is -0.314 e. The van der Waals surface area contributed by atoms with Crippen LogP contribution in [-0.2, 0) is 0 Å². The zero-order valence-electron chi connectivity index (χ0n) is 13.1. The van der Waals surface area contributed by atoms with Crippen molar-refractivity contribution in [3.63, 3.8) is 0 Å². The Labute approximate surface area is 115 Å². The first-order valence-corrected chi connectivity index (χ1v) is 8.46. The largest absolute Gasteiger partial charge is 0.314 e. The van der Waals surface area contributed by atoms with E-state index in [0.29, 0.717) is 5.41 Å². The van der Waals surface area contributed by atoms with E-state index in [1.807, 2.05) is 0 Å². The molecule has 18 heavy (non-hydrogen) atoms. The highest BCUT2D eigenvalue weighted by Gasteiger charge is 2.34. The third kappa shape index (κ3) is 5.30. The van der Waals surface area contributed by atoms with Gasteiger partial charge in [-0.25, -0.2) is 0 Å². The molecule has 1 saturated carbocycles. The second kappa shape index (κ2) is 8.96. The lowest BCUT2D eigenvalue weighted by Crippen LogP contribution is -2.44. The molecule has 1 aliphatic rings. The molecule has 1 heteroatoms. The van der Waals surface area contributed by atoms with Crippen LogP contribution in [0.15, 0.2) is 0 Å². The number of nitrogens with one attached hydrogen (secondary N) is 1. The summed E-state index contributed by atoms with van der Waals surface area (Å²) >= 11 is 0. The maximum atomic E-state index is 3.78. The van der Waals surface area contributed by atoms with Gasteiger partial charge in [-0.05, 0) is 31.2 Å². The van der Waals surface area contributed by atoms with Crippen LogP contribution in [0.5, 0.6) is 0 Å². The summed E-state index contributed by atoms with van der Waals surface area (Å²) in [5.41, 5.74) is 0.582. The van der Waals surface area contributed by atoms with Gasteiger partial charge in [0.25, 0.3) is 0 Å². The molecule has 0 amide bonds. The Morgan fingerprint density at radius 1 is 0.944 bits per heavy atom. The SMILES string of the molecule is CCCCCCCC(NCC)C1(C)CCCCC1. The van der Waals surface area contributed by atoms with Crippen LogP contribution in [0.25, 0.3) is 0 Å². The van der Waals surface area contributed by atoms with Crippen molar-refractivity contribution >= 4 is 0 Å². The summed E-state index contributed by atoms with van der Waals surface area (Å²) in [5, 5.41) is 3.78. The first-order chi connectivity index (χ1) is 8.73. The van der Waals surface area contributed by atoms with E-state index >= 15 is 0 Å². The fourth-order valence-electron chi connectivity index (χ4n) is 3.60. The molecular weight excluding hydrogens is 218 g/mol. The van der Waals surface area contributed by atoms with E-state index in [2.05, 4.69) is 26.1 Å². The molecular formula is C17H35N. The van der Waals surface area contributed by atoms with Crippen LogP contribution in [0.2, 0.25) is 0 Å². The highest BCUT2D eigenvalue weighted by Crippen LogP contribution is 2.40. The third-order valence-corrected chi connectivity index (χ3v) is 4.88. The van der Waals surface area contributed by atoms with E-state index in [-0.39, 0.29) is 0 Å². The van der Waals surface area contributed by atoms with Gasteiger partial charge in [-0.15, -0.1) is 0 Å². The summed E-state index contributed by atoms with van der Waals surface area (Å²) in [6, 6.07) is 0.768. The second-order valence-corrected chi connectivity index (χ2v) is 6.53. The average Bonchev–Trinajstić information content (AvgIpc) is 2.38. The van der Waals surface area contributed by atoms with Crippen molar-refractivity contribution in [2.75, 3.05) is 6.54 Å². The van der Waals surface area contributed by atoms with Gasteiger partial charge in [0.2, 0.25) is 0 Å². The van der Waals surface area contributed by atoms with Crippen molar-refractivity contribution in [3.05, 3.63) is 0 Å². The molecule has 0 heterocycles. The lowest BCUT2D eigenvalue weighted by Gasteiger charge is -2.41. The van der Waals surface area contributed by atoms with Gasteiger partial charge in [0.1, 0.15) is 0 Å². The standard InChI is InChI=1S/C17H35N/c1-4-6-7-8-10-13-16(18-5-2)17(3)14-11-9-12-15-17/h16,18H,4-15H2,1-3H3. The third-order valence-electron chi connectivity index (χ3n) is 4.88. The maximum absolute atomic E-state index is 3.78. The Kier molecular flexibility index (Phi) is 7.97. The van der Waals surface area contributed by atoms with Crippen molar-refractivity contribution in [1.29, 1.82) is 0 Å². The summed E-state index contributed by atoms with van der Waals surface area (Å²) in [5.74, 6) is 0. The van der Waals surface area contributed by atoms with Crippen molar-refractivity contribution in [2.24, 2.45) is 5.41 Å². The highest BCUT2D eigenvalue weighted by molar-refractivity contribution is 4.89. The molecule has 0 spiro atoms. The number of hydrogen-bond donors (Lipinski definition) is 1. The molecule has 1 N–H and O–H groups in total. The first kappa shape index (κ1) is 16.0. The quantitative estimate of drug-likeness (QED) is 0.550. The van der Waals surface area contributed by atoms with Crippen LogP contribution in [0.1, 0.15) is 91.4 Å². The summed E-state index contributed by atoms with van der Waals surface area (Å²) in [6.45, 7) is 8.22. The van der Waals surface area contributed by atoms with E-state index in [4.69, 9.17) is 0 Å². The smallest absolute Gasteiger partial charge is 0.0121 e. The zero-order chi connectivity index (χ0) is 13.3. The molecule has 1 fully saturated rings. The van der Waals surface area contributed by atoms with Crippen LogP contribution < -0.4 is 5.32 Å². The van der Waals surface area contributed by atoms with Crippen LogP contribution in [0.4, 0.5) is 0 Å². The van der Waals surface area contributed by atoms with Gasteiger partial charge in [0.05, 0.1) is 0 Å². The normalized spacial score (nSPS) is 20.8. The van der Waals surface area contributed by atoms with Crippen LogP contribution in [-0.4, -0.2) is 12.6 Å². The predicted molar refractivity (Wildman–Crippen MR) is 82.0 cm³/mol. The Morgan fingerprint density at radius 2 is 1.61 bits per heavy atom. The molecule has 0 aliphatic heterocycles. The molecule has 1 unspecified atom stereocenters. The summed E-state index contributed by atoms with van der Waals surface area (Å²) in [4.78, 5) is 0. The van der Waals surface area contributed by atoms with E-state index in [0.717, 1.165) is 12.6 Å². The molecule has 0 aromatic heterocycles. The molecule has 0 radical (unpaired) electrons. The van der Waals surface area contributed by atoms with E-state index < -0.39 is 0 Å². The molecule has 0 aromatic carbocycles. The number of unbranched alkanes of at least 4 members (excludes halogenated alkanes) is 4. The van der Waals surface area contributed by atoms with Crippen LogP contribution in [0, 0.1) is 5.41 Å². The van der Waals surface area contributed by atoms with Crippen molar-refractivity contribution in [3.8, 4) is 0 Å². The summed E-state index contributed by atoms with van der Waals surface area (Å²) < 4.78 is 0. The van der Waals surface area contributed by atoms with Crippen LogP contribution >= 0.6 is 0 Å². The fourth-order valence-corrected chi connectivity index (χ4v) is 3.60. The predicted octanol–water partition coefficient (Wildman–Crippen LogP) is 5.30. The van der Waals surface area contributed by atoms with Crippen LogP contribution in [0.3, 0.4) is 0 Å². The Morgan fingerprint density at radius 3 is 2.22 bits per heavy atom. The molecule has 1 aliphatic carbocycles. The Balaban J connectivity index is 2.33. The average molecular weight is 253 g/mol. The van der Waals surface area contributed by atoms with Gasteiger partial charge in [0.15, 0.2) is 0 Å². The minimum absolute atomic E-state index is 0.582. The van der Waals surface area contributed by atoms with Gasteiger partial charge in [-0.2, -0.15) is 0 Å². The second-order valence-electron chi connectivity index (χ2n) is 6.53. The van der Waals surface area contributed by atoms with Gasteiger partial charge in [0, 0.05) is 6.04 Å². The lowest BCUT2D eigenvalue weighted by molar-refractivity contribution is 0.136. The van der Waals surface area contributed by atoms with Gasteiger partial charge >= 0.3 is 0 Å². The summed E-state index contributed by atoms with van der Waals surface area (Å²) in [7, 11) is 0. The van der Waals surface area contributed by atoms with E-state index in [1.165, 1.54) is 70.6 Å². The fraction of sp³-hybridized carbons (Fsp3) is 1.00. The van der Waals surface area contributed by atoms with Gasteiger partial charge in [-0.3, -0.25) is 0 Å². The van der Waals surface area contributed by atoms with Crippen molar-refractivity contribution in [2.45, 2.75) is 97.4 Å². The zero-order valence-corrected chi connectivity index (χ0v) is 13.1. The van der Waals surface area contributed by atoms with Gasteiger partial charge in [-0.1, -0.05) is 72.1 Å². The first-order valence-electron chi connectivity index (χ1n) is 8.46. The van der Waals surface area contributed by atoms with E-state index in [9.17, 15) is 0 Å². The van der Waals surface area contributed by atoms with E-state index in [1.54, 1.807) is 0 Å². The Hall–Kier alpha value is -0.0400. The molecule has 0 bridgehead atoms.